The highest BCUT2D eigenvalue weighted by Gasteiger charge is 2.06. The average Bonchev–Trinajstić information content (AvgIpc) is 2.64. The Kier molecular flexibility index (Phi) is 5.69. The Balaban J connectivity index is 2.18. The summed E-state index contributed by atoms with van der Waals surface area (Å²) < 4.78 is 1.94. The molecule has 0 spiro atoms. The molecule has 1 unspecified atom stereocenters. The van der Waals surface area contributed by atoms with Crippen LogP contribution in [0.4, 0.5) is 0 Å². The van der Waals surface area contributed by atoms with Crippen molar-refractivity contribution in [3.8, 4) is 0 Å². The smallest absolute Gasteiger partial charge is 0.234 e. The first-order valence-electron chi connectivity index (χ1n) is 6.09. The van der Waals surface area contributed by atoms with Crippen molar-refractivity contribution in [3.63, 3.8) is 0 Å². The van der Waals surface area contributed by atoms with E-state index in [0.29, 0.717) is 13.1 Å². The molecule has 17 heavy (non-hydrogen) atoms. The lowest BCUT2D eigenvalue weighted by atomic mass is 10.2. The van der Waals surface area contributed by atoms with E-state index in [1.54, 1.807) is 6.20 Å². The molecule has 0 saturated carbocycles. The van der Waals surface area contributed by atoms with Gasteiger partial charge in [-0.05, 0) is 13.3 Å². The van der Waals surface area contributed by atoms with E-state index < -0.39 is 0 Å². The Bertz CT molecular complexity index is 348. The van der Waals surface area contributed by atoms with Gasteiger partial charge < -0.3 is 15.2 Å². The highest BCUT2D eigenvalue weighted by Crippen LogP contribution is 1.94. The summed E-state index contributed by atoms with van der Waals surface area (Å²) in [5.41, 5.74) is 0. The van der Waals surface area contributed by atoms with Crippen molar-refractivity contribution in [2.75, 3.05) is 6.54 Å². The molecule has 96 valence electrons. The predicted molar refractivity (Wildman–Crippen MR) is 67.4 cm³/mol. The van der Waals surface area contributed by atoms with Crippen LogP contribution in [0.3, 0.4) is 0 Å². The zero-order valence-electron chi connectivity index (χ0n) is 10.9. The molecule has 5 nitrogen and oxygen atoms in total. The van der Waals surface area contributed by atoms with E-state index in [0.717, 1.165) is 18.7 Å². The summed E-state index contributed by atoms with van der Waals surface area (Å²) in [6.45, 7) is 5.09. The van der Waals surface area contributed by atoms with Gasteiger partial charge in [0.1, 0.15) is 5.82 Å². The second-order valence-electron chi connectivity index (χ2n) is 4.32. The molecule has 1 rings (SSSR count). The maximum atomic E-state index is 11.5. The second kappa shape index (κ2) is 7.06. The Labute approximate surface area is 103 Å². The zero-order chi connectivity index (χ0) is 12.7. The Hall–Kier alpha value is -1.36. The number of carbonyl (C=O) groups excluding carboxylic acids is 1. The van der Waals surface area contributed by atoms with Crippen LogP contribution in [-0.2, 0) is 18.4 Å². The maximum Gasteiger partial charge on any atom is 0.234 e. The predicted octanol–water partition coefficient (Wildman–Crippen LogP) is 0.814. The lowest BCUT2D eigenvalue weighted by Crippen LogP contribution is -2.39. The van der Waals surface area contributed by atoms with Crippen LogP contribution in [0.5, 0.6) is 0 Å². The van der Waals surface area contributed by atoms with Crippen LogP contribution in [0.25, 0.3) is 0 Å². The van der Waals surface area contributed by atoms with Gasteiger partial charge in [0.25, 0.3) is 0 Å². The lowest BCUT2D eigenvalue weighted by Gasteiger charge is -2.13. The van der Waals surface area contributed by atoms with Crippen LogP contribution in [0.1, 0.15) is 32.5 Å². The second-order valence-corrected chi connectivity index (χ2v) is 4.32. The van der Waals surface area contributed by atoms with E-state index in [4.69, 9.17) is 0 Å². The highest BCUT2D eigenvalue weighted by molar-refractivity contribution is 5.78. The minimum Gasteiger partial charge on any atom is -0.353 e. The standard InChI is InChI=1S/C12H22N4O/c1-4-5-10(2)15-12(17)9-13-8-11-14-6-7-16(11)3/h6-7,10,13H,4-5,8-9H2,1-3H3,(H,15,17). The van der Waals surface area contributed by atoms with Gasteiger partial charge >= 0.3 is 0 Å². The molecule has 0 bridgehead atoms. The number of carbonyl (C=O) groups is 1. The topological polar surface area (TPSA) is 59.0 Å². The van der Waals surface area contributed by atoms with Crippen molar-refractivity contribution in [2.45, 2.75) is 39.3 Å². The van der Waals surface area contributed by atoms with Gasteiger partial charge in [-0.15, -0.1) is 0 Å². The first kappa shape index (κ1) is 13.7. The SMILES string of the molecule is CCCC(C)NC(=O)CNCc1nccn1C. The van der Waals surface area contributed by atoms with Gasteiger partial charge in [-0.25, -0.2) is 4.98 Å². The van der Waals surface area contributed by atoms with E-state index in [1.807, 2.05) is 24.7 Å². The molecule has 1 aromatic heterocycles. The fourth-order valence-electron chi connectivity index (χ4n) is 1.69. The highest BCUT2D eigenvalue weighted by atomic mass is 16.1. The maximum absolute atomic E-state index is 11.5. The van der Waals surface area contributed by atoms with Crippen LogP contribution in [0.15, 0.2) is 12.4 Å². The Morgan fingerprint density at radius 2 is 2.35 bits per heavy atom. The molecule has 0 saturated heterocycles. The van der Waals surface area contributed by atoms with E-state index in [2.05, 4.69) is 22.5 Å². The van der Waals surface area contributed by atoms with Gasteiger partial charge in [-0.3, -0.25) is 4.79 Å². The molecule has 0 aliphatic heterocycles. The summed E-state index contributed by atoms with van der Waals surface area (Å²) in [6, 6.07) is 0.252. The van der Waals surface area contributed by atoms with Crippen molar-refractivity contribution in [1.29, 1.82) is 0 Å². The molecule has 5 heteroatoms. The van der Waals surface area contributed by atoms with E-state index in [-0.39, 0.29) is 11.9 Å². The monoisotopic (exact) mass is 238 g/mol. The number of nitrogens with one attached hydrogen (secondary N) is 2. The first-order chi connectivity index (χ1) is 8.13. The molecular formula is C12H22N4O. The largest absolute Gasteiger partial charge is 0.353 e. The van der Waals surface area contributed by atoms with Crippen molar-refractivity contribution in [2.24, 2.45) is 7.05 Å². The van der Waals surface area contributed by atoms with Crippen LogP contribution in [-0.4, -0.2) is 28.0 Å². The number of hydrogen-bond acceptors (Lipinski definition) is 3. The number of hydrogen-bond donors (Lipinski definition) is 2. The summed E-state index contributed by atoms with van der Waals surface area (Å²) in [5, 5.41) is 6.03. The summed E-state index contributed by atoms with van der Waals surface area (Å²) in [5.74, 6) is 0.972. The fraction of sp³-hybridized carbons (Fsp3) is 0.667. The van der Waals surface area contributed by atoms with Crippen molar-refractivity contribution >= 4 is 5.91 Å². The summed E-state index contributed by atoms with van der Waals surface area (Å²) in [4.78, 5) is 15.7. The normalized spacial score (nSPS) is 12.4. The molecule has 0 aromatic carbocycles. The van der Waals surface area contributed by atoms with Gasteiger partial charge in [-0.2, -0.15) is 0 Å². The number of imidazole rings is 1. The molecule has 0 aliphatic rings. The summed E-state index contributed by atoms with van der Waals surface area (Å²) in [7, 11) is 1.94. The van der Waals surface area contributed by atoms with Gasteiger partial charge in [0.2, 0.25) is 5.91 Å². The molecule has 1 amide bonds. The molecular weight excluding hydrogens is 216 g/mol. The van der Waals surface area contributed by atoms with Crippen molar-refractivity contribution < 1.29 is 4.79 Å². The molecule has 0 aliphatic carbocycles. The summed E-state index contributed by atoms with van der Waals surface area (Å²) >= 11 is 0. The molecule has 1 aromatic rings. The van der Waals surface area contributed by atoms with Crippen molar-refractivity contribution in [3.05, 3.63) is 18.2 Å². The first-order valence-corrected chi connectivity index (χ1v) is 6.09. The molecule has 0 fully saturated rings. The van der Waals surface area contributed by atoms with Crippen LogP contribution < -0.4 is 10.6 Å². The van der Waals surface area contributed by atoms with Gasteiger partial charge in [0.15, 0.2) is 0 Å². The van der Waals surface area contributed by atoms with Gasteiger partial charge in [0.05, 0.1) is 13.1 Å². The minimum absolute atomic E-state index is 0.0418. The third kappa shape index (κ3) is 4.99. The van der Waals surface area contributed by atoms with Gasteiger partial charge in [0, 0.05) is 25.5 Å². The number of aryl methyl sites for hydroxylation is 1. The number of amides is 1. The molecule has 1 heterocycles. The third-order valence-corrected chi connectivity index (χ3v) is 2.62. The Morgan fingerprint density at radius 3 is 2.94 bits per heavy atom. The summed E-state index contributed by atoms with van der Waals surface area (Å²) in [6.07, 6.45) is 5.74. The Morgan fingerprint density at radius 1 is 1.59 bits per heavy atom. The average molecular weight is 238 g/mol. The molecule has 1 atom stereocenters. The molecule has 0 radical (unpaired) electrons. The van der Waals surface area contributed by atoms with Crippen LogP contribution >= 0.6 is 0 Å². The number of rotatable bonds is 7. The number of aromatic nitrogens is 2. The zero-order valence-corrected chi connectivity index (χ0v) is 10.9. The van der Waals surface area contributed by atoms with E-state index >= 15 is 0 Å². The number of nitrogens with zero attached hydrogens (tertiary/aromatic N) is 2. The minimum atomic E-state index is 0.0418. The van der Waals surface area contributed by atoms with Crippen molar-refractivity contribution in [1.82, 2.24) is 20.2 Å². The van der Waals surface area contributed by atoms with E-state index in [9.17, 15) is 4.79 Å². The lowest BCUT2D eigenvalue weighted by molar-refractivity contribution is -0.120. The molecule has 2 N–H and O–H groups in total. The van der Waals surface area contributed by atoms with Crippen LogP contribution in [0.2, 0.25) is 0 Å². The fourth-order valence-corrected chi connectivity index (χ4v) is 1.69. The third-order valence-electron chi connectivity index (χ3n) is 2.62. The van der Waals surface area contributed by atoms with Gasteiger partial charge in [-0.1, -0.05) is 13.3 Å². The quantitative estimate of drug-likeness (QED) is 0.739. The van der Waals surface area contributed by atoms with Crippen LogP contribution in [0, 0.1) is 0 Å². The van der Waals surface area contributed by atoms with E-state index in [1.165, 1.54) is 0 Å².